The minimum Gasteiger partial charge on any atom is -0.489 e. The summed E-state index contributed by atoms with van der Waals surface area (Å²) in [6.45, 7) is 6.40. The van der Waals surface area contributed by atoms with Crippen LogP contribution in [-0.4, -0.2) is 41.2 Å². The molecule has 2 aromatic rings. The van der Waals surface area contributed by atoms with Gasteiger partial charge in [0.2, 0.25) is 0 Å². The zero-order valence-corrected chi connectivity index (χ0v) is 13.7. The van der Waals surface area contributed by atoms with E-state index in [2.05, 4.69) is 18.7 Å². The Hall–Kier alpha value is -2.07. The number of likely N-dealkylation sites (tertiary alicyclic amines) is 1. The van der Waals surface area contributed by atoms with Gasteiger partial charge in [-0.2, -0.15) is 0 Å². The molecule has 1 fully saturated rings. The molecule has 4 nitrogen and oxygen atoms in total. The number of carbonyl (C=O) groups is 1. The van der Waals surface area contributed by atoms with E-state index in [4.69, 9.17) is 4.74 Å². The van der Waals surface area contributed by atoms with Crippen LogP contribution in [0.4, 0.5) is 0 Å². The Morgan fingerprint density at radius 3 is 2.52 bits per heavy atom. The van der Waals surface area contributed by atoms with Crippen LogP contribution in [0.15, 0.2) is 36.4 Å². The van der Waals surface area contributed by atoms with Crippen LogP contribution in [0.2, 0.25) is 0 Å². The molecule has 1 aliphatic rings. The third kappa shape index (κ3) is 3.32. The maximum absolute atomic E-state index is 11.6. The number of carboxylic acids is 1. The van der Waals surface area contributed by atoms with E-state index in [0.29, 0.717) is 11.8 Å². The molecule has 0 radical (unpaired) electrons. The van der Waals surface area contributed by atoms with Crippen molar-refractivity contribution in [3.8, 4) is 5.75 Å². The summed E-state index contributed by atoms with van der Waals surface area (Å²) in [6.07, 6.45) is 1.94. The summed E-state index contributed by atoms with van der Waals surface area (Å²) in [6, 6.07) is 11.8. The number of benzene rings is 2. The van der Waals surface area contributed by atoms with E-state index in [-0.39, 0.29) is 11.7 Å². The molecular weight excluding hydrogens is 290 g/mol. The van der Waals surface area contributed by atoms with Gasteiger partial charge in [-0.05, 0) is 38.1 Å². The average Bonchev–Trinajstić information content (AvgIpc) is 2.55. The van der Waals surface area contributed by atoms with Crippen molar-refractivity contribution in [1.82, 2.24) is 4.90 Å². The van der Waals surface area contributed by atoms with Crippen LogP contribution in [0.5, 0.6) is 5.75 Å². The summed E-state index contributed by atoms with van der Waals surface area (Å²) < 4.78 is 6.18. The first-order valence-corrected chi connectivity index (χ1v) is 8.22. The first kappa shape index (κ1) is 15.8. The second-order valence-corrected chi connectivity index (χ2v) is 6.42. The second-order valence-electron chi connectivity index (χ2n) is 6.42. The molecule has 1 heterocycles. The summed E-state index contributed by atoms with van der Waals surface area (Å²) in [5, 5.41) is 11.4. The third-order valence-corrected chi connectivity index (χ3v) is 4.60. The molecule has 1 aliphatic heterocycles. The Morgan fingerprint density at radius 1 is 1.17 bits per heavy atom. The molecule has 4 heteroatoms. The number of carboxylic acid groups (broad SMARTS) is 1. The van der Waals surface area contributed by atoms with Gasteiger partial charge in [0.05, 0.1) is 0 Å². The van der Waals surface area contributed by atoms with Crippen LogP contribution in [0.3, 0.4) is 0 Å². The molecule has 1 saturated heterocycles. The number of fused-ring (bicyclic) bond motifs is 1. The molecule has 0 spiro atoms. The monoisotopic (exact) mass is 313 g/mol. The van der Waals surface area contributed by atoms with Gasteiger partial charge in [0.25, 0.3) is 0 Å². The molecule has 1 N–H and O–H groups in total. The maximum Gasteiger partial charge on any atom is 0.339 e. The van der Waals surface area contributed by atoms with Crippen LogP contribution < -0.4 is 4.74 Å². The van der Waals surface area contributed by atoms with Crippen molar-refractivity contribution >= 4 is 16.7 Å². The van der Waals surface area contributed by atoms with E-state index in [9.17, 15) is 9.90 Å². The first-order chi connectivity index (χ1) is 11.1. The SMILES string of the molecule is CC(C)N1CCC(Oc2c(C(=O)O)ccc3ccccc23)CC1. The van der Waals surface area contributed by atoms with Gasteiger partial charge in [0.1, 0.15) is 17.4 Å². The van der Waals surface area contributed by atoms with Gasteiger partial charge in [0, 0.05) is 24.5 Å². The van der Waals surface area contributed by atoms with Crippen LogP contribution in [0.25, 0.3) is 10.8 Å². The molecule has 122 valence electrons. The zero-order valence-electron chi connectivity index (χ0n) is 13.7. The Morgan fingerprint density at radius 2 is 1.87 bits per heavy atom. The topological polar surface area (TPSA) is 49.8 Å². The Kier molecular flexibility index (Phi) is 4.53. The number of hydrogen-bond donors (Lipinski definition) is 1. The summed E-state index contributed by atoms with van der Waals surface area (Å²) in [5.74, 6) is -0.427. The summed E-state index contributed by atoms with van der Waals surface area (Å²) >= 11 is 0. The van der Waals surface area contributed by atoms with Crippen molar-refractivity contribution < 1.29 is 14.6 Å². The van der Waals surface area contributed by atoms with Crippen LogP contribution in [0, 0.1) is 0 Å². The normalized spacial score (nSPS) is 16.8. The molecule has 3 rings (SSSR count). The standard InChI is InChI=1S/C19H23NO3/c1-13(2)20-11-9-15(10-12-20)23-18-16-6-4-3-5-14(16)7-8-17(18)19(21)22/h3-8,13,15H,9-12H2,1-2H3,(H,21,22). The van der Waals surface area contributed by atoms with Crippen molar-refractivity contribution in [1.29, 1.82) is 0 Å². The fraction of sp³-hybridized carbons (Fsp3) is 0.421. The molecular formula is C19H23NO3. The molecule has 0 bridgehead atoms. The molecule has 0 aliphatic carbocycles. The van der Waals surface area contributed by atoms with Gasteiger partial charge >= 0.3 is 5.97 Å². The van der Waals surface area contributed by atoms with Crippen molar-refractivity contribution in [2.45, 2.75) is 38.8 Å². The Labute approximate surface area is 136 Å². The Balaban J connectivity index is 1.87. The van der Waals surface area contributed by atoms with Gasteiger partial charge < -0.3 is 14.7 Å². The smallest absolute Gasteiger partial charge is 0.339 e. The number of hydrogen-bond acceptors (Lipinski definition) is 3. The van der Waals surface area contributed by atoms with Crippen molar-refractivity contribution in [2.24, 2.45) is 0 Å². The lowest BCUT2D eigenvalue weighted by atomic mass is 10.0. The molecule has 0 atom stereocenters. The highest BCUT2D eigenvalue weighted by molar-refractivity contribution is 6.00. The van der Waals surface area contributed by atoms with Gasteiger partial charge in [-0.25, -0.2) is 4.79 Å². The van der Waals surface area contributed by atoms with E-state index in [1.807, 2.05) is 30.3 Å². The van der Waals surface area contributed by atoms with Gasteiger partial charge in [-0.15, -0.1) is 0 Å². The molecule has 0 amide bonds. The minimum atomic E-state index is -0.939. The number of nitrogens with zero attached hydrogens (tertiary/aromatic N) is 1. The summed E-state index contributed by atoms with van der Waals surface area (Å²) in [4.78, 5) is 14.0. The number of piperidine rings is 1. The second kappa shape index (κ2) is 6.59. The zero-order chi connectivity index (χ0) is 16.4. The molecule has 23 heavy (non-hydrogen) atoms. The van der Waals surface area contributed by atoms with Gasteiger partial charge in [-0.3, -0.25) is 0 Å². The van der Waals surface area contributed by atoms with E-state index in [0.717, 1.165) is 36.7 Å². The number of aromatic carboxylic acids is 1. The van der Waals surface area contributed by atoms with Gasteiger partial charge in [0.15, 0.2) is 0 Å². The van der Waals surface area contributed by atoms with Crippen molar-refractivity contribution in [3.05, 3.63) is 42.0 Å². The Bertz CT molecular complexity index is 703. The lowest BCUT2D eigenvalue weighted by Gasteiger charge is -2.35. The van der Waals surface area contributed by atoms with Crippen molar-refractivity contribution in [3.63, 3.8) is 0 Å². The van der Waals surface area contributed by atoms with E-state index in [1.54, 1.807) is 6.07 Å². The van der Waals surface area contributed by atoms with Crippen LogP contribution in [0.1, 0.15) is 37.0 Å². The highest BCUT2D eigenvalue weighted by atomic mass is 16.5. The highest BCUT2D eigenvalue weighted by Crippen LogP contribution is 2.32. The van der Waals surface area contributed by atoms with E-state index >= 15 is 0 Å². The quantitative estimate of drug-likeness (QED) is 0.933. The summed E-state index contributed by atoms with van der Waals surface area (Å²) in [7, 11) is 0. The van der Waals surface area contributed by atoms with Crippen LogP contribution in [-0.2, 0) is 0 Å². The molecule has 0 unspecified atom stereocenters. The lowest BCUT2D eigenvalue weighted by molar-refractivity contribution is 0.0669. The number of rotatable bonds is 4. The lowest BCUT2D eigenvalue weighted by Crippen LogP contribution is -2.41. The van der Waals surface area contributed by atoms with E-state index < -0.39 is 5.97 Å². The minimum absolute atomic E-state index is 0.0777. The molecule has 0 aromatic heterocycles. The molecule has 0 saturated carbocycles. The van der Waals surface area contributed by atoms with Gasteiger partial charge in [-0.1, -0.05) is 30.3 Å². The van der Waals surface area contributed by atoms with Crippen molar-refractivity contribution in [2.75, 3.05) is 13.1 Å². The average molecular weight is 313 g/mol. The maximum atomic E-state index is 11.6. The third-order valence-electron chi connectivity index (χ3n) is 4.60. The molecule has 2 aromatic carbocycles. The van der Waals surface area contributed by atoms with Crippen LogP contribution >= 0.6 is 0 Å². The fourth-order valence-corrected chi connectivity index (χ4v) is 3.22. The summed E-state index contributed by atoms with van der Waals surface area (Å²) in [5.41, 5.74) is 0.245. The fourth-order valence-electron chi connectivity index (χ4n) is 3.22. The number of ether oxygens (including phenoxy) is 1. The largest absolute Gasteiger partial charge is 0.489 e. The van der Waals surface area contributed by atoms with E-state index in [1.165, 1.54) is 0 Å². The first-order valence-electron chi connectivity index (χ1n) is 8.22. The highest BCUT2D eigenvalue weighted by Gasteiger charge is 2.24. The predicted molar refractivity (Wildman–Crippen MR) is 91.3 cm³/mol. The predicted octanol–water partition coefficient (Wildman–Crippen LogP) is 3.79.